The second-order valence-electron chi connectivity index (χ2n) is 4.20. The minimum absolute atomic E-state index is 0.158. The summed E-state index contributed by atoms with van der Waals surface area (Å²) in [7, 11) is 1.48. The van der Waals surface area contributed by atoms with Gasteiger partial charge in [0.2, 0.25) is 0 Å². The van der Waals surface area contributed by atoms with Crippen molar-refractivity contribution in [1.29, 1.82) is 0 Å². The molecule has 0 aliphatic heterocycles. The van der Waals surface area contributed by atoms with Crippen molar-refractivity contribution in [1.82, 2.24) is 0 Å². The Morgan fingerprint density at radius 2 is 1.90 bits per heavy atom. The van der Waals surface area contributed by atoms with E-state index in [1.54, 1.807) is 24.3 Å². The van der Waals surface area contributed by atoms with Crippen LogP contribution < -0.4 is 9.47 Å². The summed E-state index contributed by atoms with van der Waals surface area (Å²) in [6, 6.07) is 9.56. The van der Waals surface area contributed by atoms with Gasteiger partial charge in [-0.1, -0.05) is 29.3 Å². The van der Waals surface area contributed by atoms with E-state index in [4.69, 9.17) is 37.8 Å². The van der Waals surface area contributed by atoms with Crippen molar-refractivity contribution in [3.05, 3.63) is 57.6 Å². The Hall–Kier alpha value is -1.91. The average molecular weight is 327 g/mol. The van der Waals surface area contributed by atoms with Gasteiger partial charge in [0.15, 0.2) is 0 Å². The third kappa shape index (κ3) is 3.80. The van der Waals surface area contributed by atoms with E-state index in [1.807, 2.05) is 0 Å². The molecule has 0 saturated carbocycles. The van der Waals surface area contributed by atoms with Crippen LogP contribution in [-0.4, -0.2) is 18.2 Å². The molecule has 0 atom stereocenters. The summed E-state index contributed by atoms with van der Waals surface area (Å²) in [5.74, 6) is 0.00831. The summed E-state index contributed by atoms with van der Waals surface area (Å²) >= 11 is 11.7. The highest BCUT2D eigenvalue weighted by Crippen LogP contribution is 2.28. The monoisotopic (exact) mass is 326 g/mol. The number of hydrogen-bond donors (Lipinski definition) is 1. The van der Waals surface area contributed by atoms with E-state index in [1.165, 1.54) is 19.2 Å². The van der Waals surface area contributed by atoms with Gasteiger partial charge >= 0.3 is 5.97 Å². The Labute approximate surface area is 131 Å². The topological polar surface area (TPSA) is 55.8 Å². The quantitative estimate of drug-likeness (QED) is 0.890. The van der Waals surface area contributed by atoms with Crippen LogP contribution in [0.2, 0.25) is 10.0 Å². The van der Waals surface area contributed by atoms with Crippen LogP contribution in [0.4, 0.5) is 0 Å². The molecule has 21 heavy (non-hydrogen) atoms. The zero-order valence-electron chi connectivity index (χ0n) is 11.1. The summed E-state index contributed by atoms with van der Waals surface area (Å²) in [6.07, 6.45) is 0. The van der Waals surface area contributed by atoms with Crippen LogP contribution in [0.3, 0.4) is 0 Å². The molecule has 6 heteroatoms. The number of benzene rings is 2. The Balaban J connectivity index is 2.15. The van der Waals surface area contributed by atoms with Gasteiger partial charge in [-0.3, -0.25) is 0 Å². The van der Waals surface area contributed by atoms with E-state index < -0.39 is 5.97 Å². The van der Waals surface area contributed by atoms with Crippen molar-refractivity contribution in [2.45, 2.75) is 6.61 Å². The number of rotatable bonds is 5. The van der Waals surface area contributed by atoms with Gasteiger partial charge in [0.25, 0.3) is 0 Å². The zero-order chi connectivity index (χ0) is 15.4. The van der Waals surface area contributed by atoms with Crippen molar-refractivity contribution < 1.29 is 19.4 Å². The number of methoxy groups -OCH3 is 1. The molecule has 2 aromatic rings. The standard InChI is InChI=1S/C15H12Cl2O4/c1-20-14-6-9(15(18)19)2-3-10(14)8-21-11-4-5-12(16)13(17)7-11/h2-7H,8H2,1H3,(H,18,19). The molecule has 110 valence electrons. The molecule has 0 amide bonds. The molecule has 0 bridgehead atoms. The fraction of sp³-hybridized carbons (Fsp3) is 0.133. The molecule has 2 rings (SSSR count). The van der Waals surface area contributed by atoms with Crippen molar-refractivity contribution in [2.24, 2.45) is 0 Å². The highest BCUT2D eigenvalue weighted by atomic mass is 35.5. The molecule has 0 spiro atoms. The second-order valence-corrected chi connectivity index (χ2v) is 5.01. The van der Waals surface area contributed by atoms with Gasteiger partial charge in [0.1, 0.15) is 18.1 Å². The van der Waals surface area contributed by atoms with Gasteiger partial charge in [-0.25, -0.2) is 4.79 Å². The molecular weight excluding hydrogens is 315 g/mol. The summed E-state index contributed by atoms with van der Waals surface area (Å²) in [5.41, 5.74) is 0.888. The Morgan fingerprint density at radius 3 is 2.52 bits per heavy atom. The minimum Gasteiger partial charge on any atom is -0.496 e. The van der Waals surface area contributed by atoms with Crippen LogP contribution in [0.15, 0.2) is 36.4 Å². The van der Waals surface area contributed by atoms with Crippen molar-refractivity contribution >= 4 is 29.2 Å². The summed E-state index contributed by atoms with van der Waals surface area (Å²) in [5, 5.41) is 9.80. The first-order chi connectivity index (χ1) is 10.0. The normalized spacial score (nSPS) is 10.2. The maximum atomic E-state index is 10.9. The number of aromatic carboxylic acids is 1. The third-order valence-electron chi connectivity index (χ3n) is 2.82. The lowest BCUT2D eigenvalue weighted by atomic mass is 10.1. The van der Waals surface area contributed by atoms with Crippen LogP contribution >= 0.6 is 23.2 Å². The first-order valence-electron chi connectivity index (χ1n) is 5.99. The molecule has 0 aliphatic rings. The predicted octanol–water partition coefficient (Wildman–Crippen LogP) is 4.28. The molecule has 0 fully saturated rings. The number of hydrogen-bond acceptors (Lipinski definition) is 3. The maximum Gasteiger partial charge on any atom is 0.335 e. The Bertz CT molecular complexity index is 671. The predicted molar refractivity (Wildman–Crippen MR) is 80.7 cm³/mol. The van der Waals surface area contributed by atoms with Crippen LogP contribution in [0.25, 0.3) is 0 Å². The number of carboxylic acids is 1. The molecular formula is C15H12Cl2O4. The van der Waals surface area contributed by atoms with Crippen LogP contribution in [0, 0.1) is 0 Å². The lowest BCUT2D eigenvalue weighted by Crippen LogP contribution is -2.02. The van der Waals surface area contributed by atoms with Crippen molar-refractivity contribution in [3.8, 4) is 11.5 Å². The van der Waals surface area contributed by atoms with Gasteiger partial charge in [-0.05, 0) is 24.3 Å². The highest BCUT2D eigenvalue weighted by molar-refractivity contribution is 6.42. The molecule has 0 saturated heterocycles. The van der Waals surface area contributed by atoms with Crippen LogP contribution in [0.5, 0.6) is 11.5 Å². The van der Waals surface area contributed by atoms with E-state index in [-0.39, 0.29) is 12.2 Å². The fourth-order valence-corrected chi connectivity index (χ4v) is 2.01. The van der Waals surface area contributed by atoms with E-state index in [9.17, 15) is 4.79 Å². The van der Waals surface area contributed by atoms with E-state index in [0.29, 0.717) is 21.5 Å². The minimum atomic E-state index is -1.01. The van der Waals surface area contributed by atoms with Crippen LogP contribution in [-0.2, 0) is 6.61 Å². The second kappa shape index (κ2) is 6.70. The number of ether oxygens (including phenoxy) is 2. The van der Waals surface area contributed by atoms with Crippen LogP contribution in [0.1, 0.15) is 15.9 Å². The third-order valence-corrected chi connectivity index (χ3v) is 3.56. The lowest BCUT2D eigenvalue weighted by Gasteiger charge is -2.11. The molecule has 2 aromatic carbocycles. The molecule has 0 heterocycles. The number of halogens is 2. The summed E-state index contributed by atoms with van der Waals surface area (Å²) in [6.45, 7) is 0.223. The maximum absolute atomic E-state index is 10.9. The molecule has 1 N–H and O–H groups in total. The van der Waals surface area contributed by atoms with E-state index >= 15 is 0 Å². The van der Waals surface area contributed by atoms with E-state index in [2.05, 4.69) is 0 Å². The summed E-state index contributed by atoms with van der Waals surface area (Å²) < 4.78 is 10.8. The number of carboxylic acid groups (broad SMARTS) is 1. The van der Waals surface area contributed by atoms with Gasteiger partial charge in [0.05, 0.1) is 22.7 Å². The lowest BCUT2D eigenvalue weighted by molar-refractivity contribution is 0.0696. The first-order valence-corrected chi connectivity index (χ1v) is 6.75. The average Bonchev–Trinajstić information content (AvgIpc) is 2.48. The molecule has 0 unspecified atom stereocenters. The Morgan fingerprint density at radius 1 is 1.14 bits per heavy atom. The Kier molecular flexibility index (Phi) is 4.94. The van der Waals surface area contributed by atoms with Crippen molar-refractivity contribution in [2.75, 3.05) is 7.11 Å². The van der Waals surface area contributed by atoms with E-state index in [0.717, 1.165) is 5.56 Å². The first kappa shape index (κ1) is 15.5. The smallest absolute Gasteiger partial charge is 0.335 e. The largest absolute Gasteiger partial charge is 0.496 e. The highest BCUT2D eigenvalue weighted by Gasteiger charge is 2.10. The van der Waals surface area contributed by atoms with Gasteiger partial charge in [-0.2, -0.15) is 0 Å². The molecule has 0 radical (unpaired) electrons. The fourth-order valence-electron chi connectivity index (χ4n) is 1.72. The van der Waals surface area contributed by atoms with Gasteiger partial charge in [0, 0.05) is 11.6 Å². The van der Waals surface area contributed by atoms with Gasteiger partial charge in [-0.15, -0.1) is 0 Å². The SMILES string of the molecule is COc1cc(C(=O)O)ccc1COc1ccc(Cl)c(Cl)c1. The molecule has 0 aromatic heterocycles. The van der Waals surface area contributed by atoms with Crippen molar-refractivity contribution in [3.63, 3.8) is 0 Å². The molecule has 0 aliphatic carbocycles. The zero-order valence-corrected chi connectivity index (χ0v) is 12.6. The number of carbonyl (C=O) groups is 1. The molecule has 4 nitrogen and oxygen atoms in total. The summed E-state index contributed by atoms with van der Waals surface area (Å²) in [4.78, 5) is 10.9. The van der Waals surface area contributed by atoms with Gasteiger partial charge < -0.3 is 14.6 Å².